The van der Waals surface area contributed by atoms with Gasteiger partial charge in [0.1, 0.15) is 13.2 Å². The van der Waals surface area contributed by atoms with Gasteiger partial charge in [-0.2, -0.15) is 0 Å². The van der Waals surface area contributed by atoms with Crippen LogP contribution in [0.3, 0.4) is 0 Å². The highest BCUT2D eigenvalue weighted by Crippen LogP contribution is 2.39. The van der Waals surface area contributed by atoms with Gasteiger partial charge in [-0.3, -0.25) is 9.78 Å². The van der Waals surface area contributed by atoms with Crippen molar-refractivity contribution in [1.29, 1.82) is 0 Å². The minimum Gasteiger partial charge on any atom is -0.459 e. The Morgan fingerprint density at radius 1 is 1.32 bits per heavy atom. The van der Waals surface area contributed by atoms with E-state index < -0.39 is 8.32 Å². The van der Waals surface area contributed by atoms with Gasteiger partial charge in [-0.1, -0.05) is 33.4 Å². The maximum absolute atomic E-state index is 12.7. The van der Waals surface area contributed by atoms with Crippen molar-refractivity contribution in [1.82, 2.24) is 9.88 Å². The van der Waals surface area contributed by atoms with Crippen molar-refractivity contribution in [3.05, 3.63) is 42.2 Å². The molecule has 0 saturated carbocycles. The average Bonchev–Trinajstić information content (AvgIpc) is 3.05. The first-order valence-electron chi connectivity index (χ1n) is 10.7. The molecule has 0 aromatic carbocycles. The number of rotatable bonds is 8. The molecule has 0 N–H and O–H groups in total. The summed E-state index contributed by atoms with van der Waals surface area (Å²) < 4.78 is 17.0. The molecule has 1 aromatic rings. The van der Waals surface area contributed by atoms with Crippen molar-refractivity contribution in [2.45, 2.75) is 77.4 Å². The highest BCUT2D eigenvalue weighted by atomic mass is 28.4. The summed E-state index contributed by atoms with van der Waals surface area (Å²) in [4.78, 5) is 29.8. The summed E-state index contributed by atoms with van der Waals surface area (Å²) in [5.41, 5.74) is 1.71. The normalized spacial score (nSPS) is 19.2. The number of aromatic nitrogens is 1. The van der Waals surface area contributed by atoms with Crippen molar-refractivity contribution in [3.8, 4) is 0 Å². The van der Waals surface area contributed by atoms with E-state index in [-0.39, 0.29) is 42.5 Å². The zero-order chi connectivity index (χ0) is 23.2. The lowest BCUT2D eigenvalue weighted by Crippen LogP contribution is -2.44. The lowest BCUT2D eigenvalue weighted by Gasteiger charge is -2.38. The van der Waals surface area contributed by atoms with E-state index >= 15 is 0 Å². The molecule has 7 nitrogen and oxygen atoms in total. The number of amides is 1. The second-order valence-corrected chi connectivity index (χ2v) is 14.3. The lowest BCUT2D eigenvalue weighted by atomic mass is 10.0. The van der Waals surface area contributed by atoms with Crippen LogP contribution in [0, 0.1) is 0 Å². The molecular formula is C23H36N2O5Si. The van der Waals surface area contributed by atoms with Crippen LogP contribution in [0.15, 0.2) is 31.0 Å². The van der Waals surface area contributed by atoms with Gasteiger partial charge in [0.15, 0.2) is 8.32 Å². The maximum Gasteiger partial charge on any atom is 0.410 e. The highest BCUT2D eigenvalue weighted by Gasteiger charge is 2.44. The van der Waals surface area contributed by atoms with Crippen LogP contribution < -0.4 is 0 Å². The molecule has 0 radical (unpaired) electrons. The standard InChI is InChI=1S/C23H36N2O5Si/c1-8-11-28-22(27)25-15-21(30-31(6,7)23(3,4)5)14-20(25)13-18-9-10-24-19(12-18)16-29-17(2)26/h8-10,12,20-21H,1,11,13-16H2,2-7H3. The number of esters is 1. The van der Waals surface area contributed by atoms with Crippen LogP contribution in [-0.4, -0.2) is 55.6 Å². The Hall–Kier alpha value is -2.19. The summed E-state index contributed by atoms with van der Waals surface area (Å²) in [6, 6.07) is 3.79. The molecule has 1 aliphatic rings. The first-order chi connectivity index (χ1) is 14.4. The van der Waals surface area contributed by atoms with Crippen LogP contribution in [0.1, 0.15) is 45.4 Å². The van der Waals surface area contributed by atoms with E-state index in [0.29, 0.717) is 18.7 Å². The molecule has 0 bridgehead atoms. The topological polar surface area (TPSA) is 78.0 Å². The van der Waals surface area contributed by atoms with Crippen LogP contribution >= 0.6 is 0 Å². The molecule has 172 valence electrons. The number of hydrogen-bond acceptors (Lipinski definition) is 6. The fourth-order valence-corrected chi connectivity index (χ4v) is 4.72. The summed E-state index contributed by atoms with van der Waals surface area (Å²) in [6.07, 6.45) is 4.29. The van der Waals surface area contributed by atoms with E-state index in [1.807, 2.05) is 12.1 Å². The zero-order valence-electron chi connectivity index (χ0n) is 19.6. The van der Waals surface area contributed by atoms with E-state index in [2.05, 4.69) is 45.4 Å². The highest BCUT2D eigenvalue weighted by molar-refractivity contribution is 6.74. The van der Waals surface area contributed by atoms with Crippen LogP contribution in [0.2, 0.25) is 18.1 Å². The van der Waals surface area contributed by atoms with Gasteiger partial charge in [-0.05, 0) is 48.7 Å². The third-order valence-electron chi connectivity index (χ3n) is 5.98. The van der Waals surface area contributed by atoms with Gasteiger partial charge in [-0.25, -0.2) is 4.79 Å². The molecule has 1 fully saturated rings. The van der Waals surface area contributed by atoms with Gasteiger partial charge in [-0.15, -0.1) is 0 Å². The van der Waals surface area contributed by atoms with Crippen LogP contribution in [-0.2, 0) is 31.7 Å². The first-order valence-corrected chi connectivity index (χ1v) is 13.6. The van der Waals surface area contributed by atoms with E-state index in [1.165, 1.54) is 6.92 Å². The lowest BCUT2D eigenvalue weighted by molar-refractivity contribution is -0.142. The summed E-state index contributed by atoms with van der Waals surface area (Å²) in [5.74, 6) is -0.343. The van der Waals surface area contributed by atoms with Crippen molar-refractivity contribution in [2.75, 3.05) is 13.2 Å². The number of ether oxygens (including phenoxy) is 2. The quantitative estimate of drug-likeness (QED) is 0.332. The van der Waals surface area contributed by atoms with Gasteiger partial charge < -0.3 is 18.8 Å². The molecule has 1 amide bonds. The number of hydrogen-bond donors (Lipinski definition) is 0. The number of nitrogens with zero attached hydrogens (tertiary/aromatic N) is 2. The molecule has 2 rings (SSSR count). The fraction of sp³-hybridized carbons (Fsp3) is 0.609. The molecule has 1 aliphatic heterocycles. The van der Waals surface area contributed by atoms with Crippen molar-refractivity contribution >= 4 is 20.4 Å². The second kappa shape index (κ2) is 10.4. The first kappa shape index (κ1) is 25.1. The predicted molar refractivity (Wildman–Crippen MR) is 122 cm³/mol. The SMILES string of the molecule is C=CCOC(=O)N1CC(O[Si](C)(C)C(C)(C)C)CC1Cc1ccnc(COC(C)=O)c1. The Kier molecular flexibility index (Phi) is 8.42. The monoisotopic (exact) mass is 448 g/mol. The molecule has 31 heavy (non-hydrogen) atoms. The van der Waals surface area contributed by atoms with Gasteiger partial charge in [0.05, 0.1) is 11.8 Å². The zero-order valence-corrected chi connectivity index (χ0v) is 20.6. The molecule has 2 atom stereocenters. The molecule has 0 spiro atoms. The minimum atomic E-state index is -1.97. The summed E-state index contributed by atoms with van der Waals surface area (Å²) in [7, 11) is -1.97. The van der Waals surface area contributed by atoms with Gasteiger partial charge in [0.2, 0.25) is 0 Å². The van der Waals surface area contributed by atoms with Crippen LogP contribution in [0.4, 0.5) is 4.79 Å². The summed E-state index contributed by atoms with van der Waals surface area (Å²) in [5, 5.41) is 0.0932. The van der Waals surface area contributed by atoms with E-state index in [9.17, 15) is 9.59 Å². The Balaban J connectivity index is 2.15. The Bertz CT molecular complexity index is 790. The van der Waals surface area contributed by atoms with Crippen LogP contribution in [0.25, 0.3) is 0 Å². The second-order valence-electron chi connectivity index (χ2n) is 9.55. The third kappa shape index (κ3) is 7.17. The van der Waals surface area contributed by atoms with Crippen molar-refractivity contribution < 1.29 is 23.5 Å². The fourth-order valence-electron chi connectivity index (χ4n) is 3.36. The van der Waals surface area contributed by atoms with Gasteiger partial charge >= 0.3 is 12.1 Å². The number of likely N-dealkylation sites (tertiary alicyclic amines) is 1. The largest absolute Gasteiger partial charge is 0.459 e. The van der Waals surface area contributed by atoms with Crippen molar-refractivity contribution in [3.63, 3.8) is 0 Å². The third-order valence-corrected chi connectivity index (χ3v) is 10.5. The van der Waals surface area contributed by atoms with Crippen molar-refractivity contribution in [2.24, 2.45) is 0 Å². The molecule has 8 heteroatoms. The van der Waals surface area contributed by atoms with Gasteiger partial charge in [0, 0.05) is 25.7 Å². The Morgan fingerprint density at radius 3 is 2.65 bits per heavy atom. The number of carbonyl (C=O) groups is 2. The Morgan fingerprint density at radius 2 is 2.03 bits per heavy atom. The van der Waals surface area contributed by atoms with Crippen LogP contribution in [0.5, 0.6) is 0 Å². The molecule has 1 saturated heterocycles. The molecular weight excluding hydrogens is 412 g/mol. The van der Waals surface area contributed by atoms with E-state index in [4.69, 9.17) is 13.9 Å². The van der Waals surface area contributed by atoms with E-state index in [0.717, 1.165) is 12.0 Å². The number of carbonyl (C=O) groups excluding carboxylic acids is 2. The summed E-state index contributed by atoms with van der Waals surface area (Å²) in [6.45, 7) is 16.9. The molecule has 2 unspecified atom stereocenters. The van der Waals surface area contributed by atoms with E-state index in [1.54, 1.807) is 17.2 Å². The Labute approximate surface area is 186 Å². The average molecular weight is 449 g/mol. The maximum atomic E-state index is 12.7. The minimum absolute atomic E-state index is 0.0236. The number of pyridine rings is 1. The molecule has 1 aromatic heterocycles. The van der Waals surface area contributed by atoms with Gasteiger partial charge in [0.25, 0.3) is 0 Å². The predicted octanol–water partition coefficient (Wildman–Crippen LogP) is 4.47. The smallest absolute Gasteiger partial charge is 0.410 e. The summed E-state index contributed by atoms with van der Waals surface area (Å²) >= 11 is 0. The molecule has 0 aliphatic carbocycles. The molecule has 2 heterocycles.